The zero-order valence-electron chi connectivity index (χ0n) is 17.4. The zero-order valence-corrected chi connectivity index (χ0v) is 17.4. The van der Waals surface area contributed by atoms with Gasteiger partial charge in [-0.3, -0.25) is 0 Å². The van der Waals surface area contributed by atoms with Crippen molar-refractivity contribution in [2.45, 2.75) is 65.4 Å². The van der Waals surface area contributed by atoms with Crippen molar-refractivity contribution in [2.24, 2.45) is 0 Å². The Hall–Kier alpha value is -2.52. The summed E-state index contributed by atoms with van der Waals surface area (Å²) in [6.07, 6.45) is -3.71. The highest BCUT2D eigenvalue weighted by Crippen LogP contribution is 2.41. The Morgan fingerprint density at radius 2 is 1.83 bits per heavy atom. The van der Waals surface area contributed by atoms with Crippen molar-refractivity contribution < 1.29 is 22.7 Å². The number of fused-ring (bicyclic) bond motifs is 1. The maximum Gasteiger partial charge on any atom is 0.418 e. The molecular weight excluding hydrogens is 387 g/mol. The van der Waals surface area contributed by atoms with Gasteiger partial charge in [-0.05, 0) is 41.5 Å². The Labute approximate surface area is 167 Å². The van der Waals surface area contributed by atoms with Crippen molar-refractivity contribution in [1.82, 2.24) is 19.9 Å². The minimum Gasteiger partial charge on any atom is -0.444 e. The summed E-state index contributed by atoms with van der Waals surface area (Å²) in [4.78, 5) is 26.8. The van der Waals surface area contributed by atoms with Gasteiger partial charge in [0.15, 0.2) is 0 Å². The minimum atomic E-state index is -4.53. The van der Waals surface area contributed by atoms with Crippen LogP contribution in [0.2, 0.25) is 0 Å². The minimum absolute atomic E-state index is 0.00217. The molecule has 1 aliphatic heterocycles. The van der Waals surface area contributed by atoms with E-state index >= 15 is 0 Å². The molecule has 0 aliphatic carbocycles. The molecule has 1 aliphatic rings. The third kappa shape index (κ3) is 4.11. The number of nitrogens with zero attached hydrogens (tertiary/aromatic N) is 4. The standard InChI is InChI=1S/C19H26F3N5O2/c1-10-8-27(17(28)29-18(4,5)6)11(2)7-26(10)16-13-14(19(20,21)22)12(3)25-15(13)23-9-24-16/h9-11H,7-8H2,1-6H3,(H,23,24,25)/t10-,11+/m0/s1. The molecule has 1 N–H and O–H groups in total. The molecule has 1 saturated heterocycles. The van der Waals surface area contributed by atoms with Gasteiger partial charge < -0.3 is 19.5 Å². The second-order valence-electron chi connectivity index (χ2n) is 8.53. The van der Waals surface area contributed by atoms with Crippen LogP contribution >= 0.6 is 0 Å². The molecule has 2 atom stereocenters. The third-order valence-electron chi connectivity index (χ3n) is 4.93. The lowest BCUT2D eigenvalue weighted by atomic mass is 10.1. The van der Waals surface area contributed by atoms with Crippen molar-refractivity contribution >= 4 is 22.9 Å². The number of H-pyrrole nitrogens is 1. The molecule has 2 aromatic rings. The van der Waals surface area contributed by atoms with Gasteiger partial charge in [0.2, 0.25) is 0 Å². The molecule has 0 spiro atoms. The molecule has 3 heterocycles. The van der Waals surface area contributed by atoms with Crippen molar-refractivity contribution in [3.8, 4) is 0 Å². The number of amides is 1. The first-order valence-corrected chi connectivity index (χ1v) is 9.46. The Balaban J connectivity index is 1.97. The maximum absolute atomic E-state index is 13.7. The Morgan fingerprint density at radius 3 is 2.41 bits per heavy atom. The number of aryl methyl sites for hydroxylation is 1. The lowest BCUT2D eigenvalue weighted by Crippen LogP contribution is -2.59. The smallest absolute Gasteiger partial charge is 0.418 e. The van der Waals surface area contributed by atoms with E-state index in [0.717, 1.165) is 0 Å². The molecule has 3 rings (SSSR count). The summed E-state index contributed by atoms with van der Waals surface area (Å²) in [5, 5.41) is -0.0396. The fraction of sp³-hybridized carbons (Fsp3) is 0.632. The molecule has 10 heteroatoms. The Kier molecular flexibility index (Phi) is 5.17. The number of aromatic amines is 1. The highest BCUT2D eigenvalue weighted by molar-refractivity contribution is 5.92. The van der Waals surface area contributed by atoms with Gasteiger partial charge in [0.25, 0.3) is 0 Å². The molecule has 0 unspecified atom stereocenters. The predicted octanol–water partition coefficient (Wildman–Crippen LogP) is 4.12. The fourth-order valence-corrected chi connectivity index (χ4v) is 3.70. The number of hydrogen-bond acceptors (Lipinski definition) is 5. The molecule has 1 fully saturated rings. The largest absolute Gasteiger partial charge is 0.444 e. The van der Waals surface area contributed by atoms with Gasteiger partial charge in [0.05, 0.1) is 10.9 Å². The highest BCUT2D eigenvalue weighted by atomic mass is 19.4. The number of carbonyl (C=O) groups is 1. The van der Waals surface area contributed by atoms with Gasteiger partial charge >= 0.3 is 12.3 Å². The summed E-state index contributed by atoms with van der Waals surface area (Å²) in [7, 11) is 0. The highest BCUT2D eigenvalue weighted by Gasteiger charge is 2.40. The van der Waals surface area contributed by atoms with E-state index in [-0.39, 0.29) is 34.6 Å². The van der Waals surface area contributed by atoms with Gasteiger partial charge in [-0.1, -0.05) is 0 Å². The van der Waals surface area contributed by atoms with E-state index in [0.29, 0.717) is 13.1 Å². The van der Waals surface area contributed by atoms with Crippen LogP contribution in [0.5, 0.6) is 0 Å². The van der Waals surface area contributed by atoms with Crippen LogP contribution in [0.3, 0.4) is 0 Å². The summed E-state index contributed by atoms with van der Waals surface area (Å²) in [6.45, 7) is 11.1. The topological polar surface area (TPSA) is 74.4 Å². The number of anilines is 1. The number of halogens is 3. The van der Waals surface area contributed by atoms with E-state index < -0.39 is 23.4 Å². The van der Waals surface area contributed by atoms with E-state index in [9.17, 15) is 18.0 Å². The number of hydrogen-bond donors (Lipinski definition) is 1. The molecule has 2 aromatic heterocycles. The molecule has 1 amide bonds. The first-order chi connectivity index (χ1) is 13.3. The number of carbonyl (C=O) groups excluding carboxylic acids is 1. The number of rotatable bonds is 1. The first-order valence-electron chi connectivity index (χ1n) is 9.46. The maximum atomic E-state index is 13.7. The second kappa shape index (κ2) is 7.07. The van der Waals surface area contributed by atoms with Gasteiger partial charge in [-0.15, -0.1) is 0 Å². The number of ether oxygens (including phenoxy) is 1. The van der Waals surface area contributed by atoms with Crippen molar-refractivity contribution in [1.29, 1.82) is 0 Å². The molecule has 0 saturated carbocycles. The monoisotopic (exact) mass is 413 g/mol. The van der Waals surface area contributed by atoms with Gasteiger partial charge in [0, 0.05) is 30.9 Å². The normalized spacial score (nSPS) is 21.0. The van der Waals surface area contributed by atoms with Crippen LogP contribution in [0.15, 0.2) is 6.33 Å². The molecule has 0 aromatic carbocycles. The number of alkyl halides is 3. The van der Waals surface area contributed by atoms with E-state index in [1.165, 1.54) is 13.3 Å². The molecule has 0 radical (unpaired) electrons. The quantitative estimate of drug-likeness (QED) is 0.761. The van der Waals surface area contributed by atoms with Gasteiger partial charge in [0.1, 0.15) is 23.4 Å². The Bertz CT molecular complexity index is 919. The summed E-state index contributed by atoms with van der Waals surface area (Å²) < 4.78 is 46.5. The molecule has 160 valence electrons. The second-order valence-corrected chi connectivity index (χ2v) is 8.53. The predicted molar refractivity (Wildman–Crippen MR) is 103 cm³/mol. The van der Waals surface area contributed by atoms with Crippen LogP contribution in [0, 0.1) is 6.92 Å². The van der Waals surface area contributed by atoms with Gasteiger partial charge in [-0.2, -0.15) is 13.2 Å². The van der Waals surface area contributed by atoms with E-state index in [1.54, 1.807) is 30.6 Å². The summed E-state index contributed by atoms with van der Waals surface area (Å²) in [6, 6.07) is -0.520. The molecule has 29 heavy (non-hydrogen) atoms. The van der Waals surface area contributed by atoms with Crippen molar-refractivity contribution in [2.75, 3.05) is 18.0 Å². The Morgan fingerprint density at radius 1 is 1.17 bits per heavy atom. The van der Waals surface area contributed by atoms with E-state index in [2.05, 4.69) is 15.0 Å². The van der Waals surface area contributed by atoms with Crippen LogP contribution in [0.25, 0.3) is 11.0 Å². The number of nitrogens with one attached hydrogen (secondary N) is 1. The van der Waals surface area contributed by atoms with Crippen LogP contribution in [-0.2, 0) is 10.9 Å². The average molecular weight is 413 g/mol. The zero-order chi connectivity index (χ0) is 21.7. The van der Waals surface area contributed by atoms with Crippen LogP contribution in [0.1, 0.15) is 45.9 Å². The lowest BCUT2D eigenvalue weighted by molar-refractivity contribution is -0.136. The number of aromatic nitrogens is 3. The van der Waals surface area contributed by atoms with E-state index in [4.69, 9.17) is 4.74 Å². The average Bonchev–Trinajstić information content (AvgIpc) is 2.90. The van der Waals surface area contributed by atoms with E-state index in [1.807, 2.05) is 13.8 Å². The molecule has 0 bridgehead atoms. The SMILES string of the molecule is Cc1[nH]c2ncnc(N3C[C@@H](C)N(C(=O)OC(C)(C)C)C[C@@H]3C)c2c1C(F)(F)F. The van der Waals surface area contributed by atoms with Crippen LogP contribution < -0.4 is 4.90 Å². The van der Waals surface area contributed by atoms with Crippen LogP contribution in [-0.4, -0.2) is 56.7 Å². The van der Waals surface area contributed by atoms with Crippen molar-refractivity contribution in [3.05, 3.63) is 17.6 Å². The summed E-state index contributed by atoms with van der Waals surface area (Å²) >= 11 is 0. The summed E-state index contributed by atoms with van der Waals surface area (Å²) in [5.41, 5.74) is -1.23. The lowest BCUT2D eigenvalue weighted by Gasteiger charge is -2.44. The number of piperazine rings is 1. The molecule has 7 nitrogen and oxygen atoms in total. The summed E-state index contributed by atoms with van der Waals surface area (Å²) in [5.74, 6) is 0.217. The van der Waals surface area contributed by atoms with Crippen LogP contribution in [0.4, 0.5) is 23.8 Å². The van der Waals surface area contributed by atoms with Gasteiger partial charge in [-0.25, -0.2) is 14.8 Å². The third-order valence-corrected chi connectivity index (χ3v) is 4.93. The fourth-order valence-electron chi connectivity index (χ4n) is 3.70. The molecular formula is C19H26F3N5O2. The first kappa shape index (κ1) is 21.2. The van der Waals surface area contributed by atoms with Crippen molar-refractivity contribution in [3.63, 3.8) is 0 Å².